The van der Waals surface area contributed by atoms with Crippen molar-refractivity contribution in [1.29, 1.82) is 0 Å². The maximum absolute atomic E-state index is 11.3. The van der Waals surface area contributed by atoms with Gasteiger partial charge in [0.2, 0.25) is 0 Å². The lowest BCUT2D eigenvalue weighted by Gasteiger charge is -2.14. The molecule has 0 atom stereocenters. The SMILES string of the molecule is CCc1nc(NCc2ccc(OC)cc2OC)cc(N)c1C(=O)O. The number of anilines is 2. The smallest absolute Gasteiger partial charge is 0.339 e. The van der Waals surface area contributed by atoms with Gasteiger partial charge in [-0.25, -0.2) is 9.78 Å². The Kier molecular flexibility index (Phi) is 5.47. The van der Waals surface area contributed by atoms with Crippen LogP contribution in [0.4, 0.5) is 11.5 Å². The van der Waals surface area contributed by atoms with Crippen molar-refractivity contribution >= 4 is 17.5 Å². The molecular weight excluding hydrogens is 310 g/mol. The number of hydrogen-bond acceptors (Lipinski definition) is 6. The highest BCUT2D eigenvalue weighted by atomic mass is 16.5. The highest BCUT2D eigenvalue weighted by Gasteiger charge is 2.16. The second kappa shape index (κ2) is 7.54. The zero-order chi connectivity index (χ0) is 17.7. The van der Waals surface area contributed by atoms with Crippen LogP contribution in [0.1, 0.15) is 28.5 Å². The average molecular weight is 331 g/mol. The number of ether oxygens (including phenoxy) is 2. The predicted molar refractivity (Wildman–Crippen MR) is 91.9 cm³/mol. The Balaban J connectivity index is 2.24. The summed E-state index contributed by atoms with van der Waals surface area (Å²) in [6, 6.07) is 7.05. The van der Waals surface area contributed by atoms with Crippen LogP contribution in [0.15, 0.2) is 24.3 Å². The number of nitrogen functional groups attached to an aromatic ring is 1. The topological polar surface area (TPSA) is 107 Å². The number of nitrogens with zero attached hydrogens (tertiary/aromatic N) is 1. The van der Waals surface area contributed by atoms with E-state index in [0.29, 0.717) is 36.0 Å². The number of carboxylic acid groups (broad SMARTS) is 1. The van der Waals surface area contributed by atoms with Crippen LogP contribution >= 0.6 is 0 Å². The molecule has 0 saturated carbocycles. The maximum Gasteiger partial charge on any atom is 0.339 e. The second-order valence-electron chi connectivity index (χ2n) is 5.11. The molecule has 128 valence electrons. The zero-order valence-corrected chi connectivity index (χ0v) is 13.9. The average Bonchev–Trinajstić information content (AvgIpc) is 2.58. The van der Waals surface area contributed by atoms with Crippen molar-refractivity contribution in [1.82, 2.24) is 4.98 Å². The highest BCUT2D eigenvalue weighted by Crippen LogP contribution is 2.26. The van der Waals surface area contributed by atoms with Crippen molar-refractivity contribution in [2.24, 2.45) is 0 Å². The van der Waals surface area contributed by atoms with E-state index < -0.39 is 5.97 Å². The first-order valence-electron chi connectivity index (χ1n) is 7.47. The van der Waals surface area contributed by atoms with Gasteiger partial charge in [-0.15, -0.1) is 0 Å². The molecule has 2 rings (SSSR count). The van der Waals surface area contributed by atoms with Gasteiger partial charge in [0.05, 0.1) is 25.6 Å². The Morgan fingerprint density at radius 3 is 2.62 bits per heavy atom. The highest BCUT2D eigenvalue weighted by molar-refractivity contribution is 5.95. The van der Waals surface area contributed by atoms with Crippen LogP contribution in [-0.4, -0.2) is 30.3 Å². The Bertz CT molecular complexity index is 747. The van der Waals surface area contributed by atoms with E-state index in [9.17, 15) is 9.90 Å². The van der Waals surface area contributed by atoms with Gasteiger partial charge in [0, 0.05) is 24.2 Å². The largest absolute Gasteiger partial charge is 0.497 e. The number of aromatic nitrogens is 1. The van der Waals surface area contributed by atoms with Crippen LogP contribution in [0.5, 0.6) is 11.5 Å². The third kappa shape index (κ3) is 3.68. The number of aromatic carboxylic acids is 1. The van der Waals surface area contributed by atoms with Gasteiger partial charge in [0.15, 0.2) is 0 Å². The van der Waals surface area contributed by atoms with Crippen molar-refractivity contribution in [3.8, 4) is 11.5 Å². The summed E-state index contributed by atoms with van der Waals surface area (Å²) >= 11 is 0. The number of benzene rings is 1. The fraction of sp³-hybridized carbons (Fsp3) is 0.294. The summed E-state index contributed by atoms with van der Waals surface area (Å²) in [4.78, 5) is 15.6. The van der Waals surface area contributed by atoms with Gasteiger partial charge < -0.3 is 25.6 Å². The van der Waals surface area contributed by atoms with Crippen LogP contribution in [0.2, 0.25) is 0 Å². The van der Waals surface area contributed by atoms with E-state index in [4.69, 9.17) is 15.2 Å². The van der Waals surface area contributed by atoms with Crippen molar-refractivity contribution in [3.05, 3.63) is 41.1 Å². The quantitative estimate of drug-likeness (QED) is 0.715. The fourth-order valence-electron chi connectivity index (χ4n) is 2.40. The number of aryl methyl sites for hydroxylation is 1. The molecule has 0 aliphatic rings. The van der Waals surface area contributed by atoms with E-state index in [2.05, 4.69) is 10.3 Å². The lowest BCUT2D eigenvalue weighted by molar-refractivity contribution is 0.0696. The Morgan fingerprint density at radius 1 is 1.29 bits per heavy atom. The summed E-state index contributed by atoms with van der Waals surface area (Å²) in [5.41, 5.74) is 7.48. The summed E-state index contributed by atoms with van der Waals surface area (Å²) in [6.07, 6.45) is 0.479. The van der Waals surface area contributed by atoms with Gasteiger partial charge >= 0.3 is 5.97 Å². The van der Waals surface area contributed by atoms with Crippen LogP contribution in [0.3, 0.4) is 0 Å². The molecule has 2 aromatic rings. The van der Waals surface area contributed by atoms with E-state index in [1.165, 1.54) is 6.07 Å². The molecule has 1 heterocycles. The van der Waals surface area contributed by atoms with Gasteiger partial charge in [-0.3, -0.25) is 0 Å². The molecule has 0 radical (unpaired) electrons. The molecule has 0 unspecified atom stereocenters. The Labute approximate surface area is 140 Å². The third-order valence-electron chi connectivity index (χ3n) is 3.63. The van der Waals surface area contributed by atoms with Crippen molar-refractivity contribution in [2.75, 3.05) is 25.3 Å². The first-order valence-corrected chi connectivity index (χ1v) is 7.47. The molecule has 0 aliphatic carbocycles. The monoisotopic (exact) mass is 331 g/mol. The fourth-order valence-corrected chi connectivity index (χ4v) is 2.40. The van der Waals surface area contributed by atoms with Crippen LogP contribution in [0, 0.1) is 0 Å². The number of nitrogens with two attached hydrogens (primary N) is 1. The normalized spacial score (nSPS) is 10.3. The van der Waals surface area contributed by atoms with Gasteiger partial charge in [-0.05, 0) is 18.6 Å². The summed E-state index contributed by atoms with van der Waals surface area (Å²) in [7, 11) is 3.18. The van der Waals surface area contributed by atoms with Crippen LogP contribution in [-0.2, 0) is 13.0 Å². The maximum atomic E-state index is 11.3. The van der Waals surface area contributed by atoms with Crippen molar-refractivity contribution < 1.29 is 19.4 Å². The van der Waals surface area contributed by atoms with Gasteiger partial charge in [-0.2, -0.15) is 0 Å². The minimum atomic E-state index is -1.07. The molecule has 1 aromatic carbocycles. The molecule has 0 amide bonds. The molecule has 4 N–H and O–H groups in total. The van der Waals surface area contributed by atoms with E-state index in [1.54, 1.807) is 20.3 Å². The van der Waals surface area contributed by atoms with E-state index in [1.807, 2.05) is 19.1 Å². The van der Waals surface area contributed by atoms with Crippen LogP contribution < -0.4 is 20.5 Å². The first-order chi connectivity index (χ1) is 11.5. The minimum Gasteiger partial charge on any atom is -0.497 e. The molecular formula is C17H21N3O4. The predicted octanol–water partition coefficient (Wildman–Crippen LogP) is 2.55. The summed E-state index contributed by atoms with van der Waals surface area (Å²) in [6.45, 7) is 2.29. The third-order valence-corrected chi connectivity index (χ3v) is 3.63. The molecule has 24 heavy (non-hydrogen) atoms. The first kappa shape index (κ1) is 17.4. The molecule has 0 fully saturated rings. The summed E-state index contributed by atoms with van der Waals surface area (Å²) in [5, 5.41) is 12.4. The molecule has 0 spiro atoms. The number of nitrogens with one attached hydrogen (secondary N) is 1. The molecule has 0 saturated heterocycles. The second-order valence-corrected chi connectivity index (χ2v) is 5.11. The number of rotatable bonds is 7. The number of carboxylic acids is 1. The Morgan fingerprint density at radius 2 is 2.04 bits per heavy atom. The zero-order valence-electron chi connectivity index (χ0n) is 13.9. The summed E-state index contributed by atoms with van der Waals surface area (Å²) < 4.78 is 10.5. The number of hydrogen-bond donors (Lipinski definition) is 3. The van der Waals surface area contributed by atoms with E-state index in [0.717, 1.165) is 5.56 Å². The van der Waals surface area contributed by atoms with Gasteiger partial charge in [0.25, 0.3) is 0 Å². The lowest BCUT2D eigenvalue weighted by Crippen LogP contribution is -2.11. The molecule has 0 bridgehead atoms. The minimum absolute atomic E-state index is 0.0603. The molecule has 0 aliphatic heterocycles. The molecule has 1 aromatic heterocycles. The lowest BCUT2D eigenvalue weighted by atomic mass is 10.1. The van der Waals surface area contributed by atoms with E-state index in [-0.39, 0.29) is 11.3 Å². The molecule has 7 heteroatoms. The number of carbonyl (C=O) groups is 1. The summed E-state index contributed by atoms with van der Waals surface area (Å²) in [5.74, 6) is 0.845. The van der Waals surface area contributed by atoms with Gasteiger partial charge in [-0.1, -0.05) is 6.92 Å². The van der Waals surface area contributed by atoms with Gasteiger partial charge in [0.1, 0.15) is 22.9 Å². The van der Waals surface area contributed by atoms with Crippen LogP contribution in [0.25, 0.3) is 0 Å². The van der Waals surface area contributed by atoms with Crippen molar-refractivity contribution in [3.63, 3.8) is 0 Å². The standard InChI is InChI=1S/C17H21N3O4/c1-4-13-16(17(21)22)12(18)8-15(20-13)19-9-10-5-6-11(23-2)7-14(10)24-3/h5-8H,4,9H2,1-3H3,(H,21,22)(H3,18,19,20). The number of methoxy groups -OCH3 is 2. The Hall–Kier alpha value is -2.96. The van der Waals surface area contributed by atoms with Crippen molar-refractivity contribution in [2.45, 2.75) is 19.9 Å². The number of pyridine rings is 1. The van der Waals surface area contributed by atoms with E-state index >= 15 is 0 Å². The molecule has 7 nitrogen and oxygen atoms in total.